The van der Waals surface area contributed by atoms with Crippen molar-refractivity contribution < 1.29 is 9.47 Å². The molecule has 0 bridgehead atoms. The Morgan fingerprint density at radius 3 is 2.95 bits per heavy atom. The maximum Gasteiger partial charge on any atom is 0.0736 e. The Morgan fingerprint density at radius 2 is 2.23 bits per heavy atom. The van der Waals surface area contributed by atoms with Crippen LogP contribution < -0.4 is 0 Å². The Morgan fingerprint density at radius 1 is 1.36 bits per heavy atom. The fourth-order valence-electron chi connectivity index (χ4n) is 3.93. The van der Waals surface area contributed by atoms with Crippen LogP contribution in [-0.2, 0) is 16.0 Å². The van der Waals surface area contributed by atoms with E-state index in [4.69, 9.17) is 9.47 Å². The van der Waals surface area contributed by atoms with Gasteiger partial charge in [-0.3, -0.25) is 9.88 Å². The highest BCUT2D eigenvalue weighted by atomic mass is 16.5. The van der Waals surface area contributed by atoms with E-state index in [0.717, 1.165) is 58.7 Å². The second-order valence-electron chi connectivity index (χ2n) is 6.48. The molecule has 0 amide bonds. The molecule has 0 N–H and O–H groups in total. The van der Waals surface area contributed by atoms with Crippen molar-refractivity contribution in [3.63, 3.8) is 0 Å². The summed E-state index contributed by atoms with van der Waals surface area (Å²) in [5.74, 6) is 0.677. The summed E-state index contributed by atoms with van der Waals surface area (Å²) in [4.78, 5) is 6.95. The van der Waals surface area contributed by atoms with Gasteiger partial charge in [0.25, 0.3) is 0 Å². The molecule has 1 spiro atoms. The summed E-state index contributed by atoms with van der Waals surface area (Å²) in [5, 5.41) is 0. The largest absolute Gasteiger partial charge is 0.382 e. The van der Waals surface area contributed by atoms with Crippen molar-refractivity contribution in [1.82, 2.24) is 9.88 Å². The van der Waals surface area contributed by atoms with Crippen LogP contribution in [0.15, 0.2) is 24.4 Å². The molecule has 0 radical (unpaired) electrons. The van der Waals surface area contributed by atoms with Gasteiger partial charge in [-0.2, -0.15) is 0 Å². The summed E-state index contributed by atoms with van der Waals surface area (Å²) in [6.45, 7) is 7.88. The first-order valence-electron chi connectivity index (χ1n) is 8.66. The van der Waals surface area contributed by atoms with Gasteiger partial charge in [-0.05, 0) is 50.7 Å². The molecule has 1 atom stereocenters. The maximum absolute atomic E-state index is 6.23. The zero-order valence-corrected chi connectivity index (χ0v) is 13.7. The third-order valence-corrected chi connectivity index (χ3v) is 5.23. The minimum absolute atomic E-state index is 0.123. The highest BCUT2D eigenvalue weighted by Gasteiger charge is 2.45. The fourth-order valence-corrected chi connectivity index (χ4v) is 3.93. The number of likely N-dealkylation sites (tertiary alicyclic amines) is 1. The van der Waals surface area contributed by atoms with Crippen molar-refractivity contribution in [2.24, 2.45) is 5.92 Å². The molecular formula is C18H28N2O2. The zero-order valence-electron chi connectivity index (χ0n) is 13.7. The number of piperidine rings is 1. The molecule has 1 aromatic heterocycles. The SMILES string of the molecule is CCOCC[C@H]1CCOC12CCN(Cc1ccccn1)CC2. The molecule has 4 heteroatoms. The molecule has 2 aliphatic heterocycles. The van der Waals surface area contributed by atoms with Gasteiger partial charge in [0.15, 0.2) is 0 Å². The molecule has 3 heterocycles. The molecule has 2 aliphatic rings. The lowest BCUT2D eigenvalue weighted by Gasteiger charge is -2.42. The number of pyridine rings is 1. The van der Waals surface area contributed by atoms with E-state index >= 15 is 0 Å². The van der Waals surface area contributed by atoms with Crippen LogP contribution in [0, 0.1) is 5.92 Å². The minimum atomic E-state index is 0.123. The first kappa shape index (κ1) is 15.9. The molecule has 22 heavy (non-hydrogen) atoms. The summed E-state index contributed by atoms with van der Waals surface area (Å²) >= 11 is 0. The van der Waals surface area contributed by atoms with Crippen LogP contribution in [-0.4, -0.2) is 48.4 Å². The van der Waals surface area contributed by atoms with Gasteiger partial charge in [-0.25, -0.2) is 0 Å². The Balaban J connectivity index is 1.51. The van der Waals surface area contributed by atoms with Gasteiger partial charge in [0.05, 0.1) is 11.3 Å². The van der Waals surface area contributed by atoms with E-state index < -0.39 is 0 Å². The van der Waals surface area contributed by atoms with E-state index in [2.05, 4.69) is 28.9 Å². The van der Waals surface area contributed by atoms with E-state index in [0.29, 0.717) is 5.92 Å². The number of aromatic nitrogens is 1. The first-order valence-corrected chi connectivity index (χ1v) is 8.66. The van der Waals surface area contributed by atoms with E-state index in [-0.39, 0.29) is 5.60 Å². The van der Waals surface area contributed by atoms with E-state index in [1.54, 1.807) is 0 Å². The number of rotatable bonds is 6. The van der Waals surface area contributed by atoms with Gasteiger partial charge < -0.3 is 9.47 Å². The summed E-state index contributed by atoms with van der Waals surface area (Å²) in [6.07, 6.45) is 6.53. The molecule has 3 rings (SSSR count). The smallest absolute Gasteiger partial charge is 0.0736 e. The fraction of sp³-hybridized carbons (Fsp3) is 0.722. The van der Waals surface area contributed by atoms with Crippen molar-refractivity contribution in [2.75, 3.05) is 32.9 Å². The van der Waals surface area contributed by atoms with Gasteiger partial charge in [0.2, 0.25) is 0 Å². The van der Waals surface area contributed by atoms with E-state index in [1.165, 1.54) is 12.1 Å². The first-order chi connectivity index (χ1) is 10.8. The average molecular weight is 304 g/mol. The summed E-state index contributed by atoms with van der Waals surface area (Å²) < 4.78 is 11.8. The lowest BCUT2D eigenvalue weighted by Crippen LogP contribution is -2.47. The van der Waals surface area contributed by atoms with Crippen LogP contribution in [0.2, 0.25) is 0 Å². The van der Waals surface area contributed by atoms with Crippen LogP contribution in [0.5, 0.6) is 0 Å². The third-order valence-electron chi connectivity index (χ3n) is 5.23. The molecule has 0 saturated carbocycles. The highest BCUT2D eigenvalue weighted by Crippen LogP contribution is 2.42. The van der Waals surface area contributed by atoms with Crippen molar-refractivity contribution in [3.05, 3.63) is 30.1 Å². The van der Waals surface area contributed by atoms with Crippen molar-refractivity contribution >= 4 is 0 Å². The molecule has 2 saturated heterocycles. The lowest BCUT2D eigenvalue weighted by atomic mass is 9.78. The molecule has 1 aromatic rings. The van der Waals surface area contributed by atoms with Crippen LogP contribution in [0.4, 0.5) is 0 Å². The van der Waals surface area contributed by atoms with Crippen LogP contribution in [0.1, 0.15) is 38.3 Å². The third kappa shape index (κ3) is 3.67. The molecule has 122 valence electrons. The predicted octanol–water partition coefficient (Wildman–Crippen LogP) is 2.88. The van der Waals surface area contributed by atoms with Gasteiger partial charge in [0, 0.05) is 45.7 Å². The maximum atomic E-state index is 6.23. The van der Waals surface area contributed by atoms with Crippen LogP contribution in [0.3, 0.4) is 0 Å². The molecule has 0 aliphatic carbocycles. The van der Waals surface area contributed by atoms with Gasteiger partial charge >= 0.3 is 0 Å². The standard InChI is InChI=1S/C18H28N2O2/c1-2-21-13-6-16-7-14-22-18(16)8-11-20(12-9-18)15-17-5-3-4-10-19-17/h3-5,10,16H,2,6-9,11-15H2,1H3/t16-/m0/s1. The monoisotopic (exact) mass is 304 g/mol. The topological polar surface area (TPSA) is 34.6 Å². The Kier molecular flexibility index (Phi) is 5.45. The molecule has 2 fully saturated rings. The van der Waals surface area contributed by atoms with Crippen molar-refractivity contribution in [1.29, 1.82) is 0 Å². The van der Waals surface area contributed by atoms with Crippen LogP contribution >= 0.6 is 0 Å². The summed E-state index contributed by atoms with van der Waals surface area (Å²) in [6, 6.07) is 6.16. The predicted molar refractivity (Wildman–Crippen MR) is 86.6 cm³/mol. The van der Waals surface area contributed by atoms with Gasteiger partial charge in [-0.1, -0.05) is 6.07 Å². The van der Waals surface area contributed by atoms with E-state index in [1.807, 2.05) is 12.3 Å². The number of hydrogen-bond acceptors (Lipinski definition) is 4. The molecular weight excluding hydrogens is 276 g/mol. The summed E-state index contributed by atoms with van der Waals surface area (Å²) in [5.41, 5.74) is 1.29. The number of ether oxygens (including phenoxy) is 2. The van der Waals surface area contributed by atoms with Crippen molar-refractivity contribution in [3.8, 4) is 0 Å². The minimum Gasteiger partial charge on any atom is -0.382 e. The number of hydrogen-bond donors (Lipinski definition) is 0. The summed E-state index contributed by atoms with van der Waals surface area (Å²) in [7, 11) is 0. The van der Waals surface area contributed by atoms with E-state index in [9.17, 15) is 0 Å². The molecule has 0 aromatic carbocycles. The second kappa shape index (κ2) is 7.53. The molecule has 4 nitrogen and oxygen atoms in total. The second-order valence-corrected chi connectivity index (χ2v) is 6.48. The Labute approximate surface area is 133 Å². The normalized spacial score (nSPS) is 24.9. The molecule has 0 unspecified atom stereocenters. The van der Waals surface area contributed by atoms with Gasteiger partial charge in [-0.15, -0.1) is 0 Å². The quantitative estimate of drug-likeness (QED) is 0.757. The van der Waals surface area contributed by atoms with Crippen molar-refractivity contribution in [2.45, 2.75) is 44.8 Å². The average Bonchev–Trinajstić information content (AvgIpc) is 2.94. The Hall–Kier alpha value is -0.970. The Bertz CT molecular complexity index is 444. The van der Waals surface area contributed by atoms with Crippen LogP contribution in [0.25, 0.3) is 0 Å². The van der Waals surface area contributed by atoms with Gasteiger partial charge in [0.1, 0.15) is 0 Å². The lowest BCUT2D eigenvalue weighted by molar-refractivity contribution is -0.0729. The number of nitrogens with zero attached hydrogens (tertiary/aromatic N) is 2. The highest BCUT2D eigenvalue weighted by molar-refractivity contribution is 5.04. The zero-order chi connectivity index (χ0) is 15.3.